The minimum atomic E-state index is 0.0730. The molecule has 0 saturated heterocycles. The van der Waals surface area contributed by atoms with Crippen molar-refractivity contribution in [2.24, 2.45) is 17.3 Å². The molecule has 2 saturated carbocycles. The lowest BCUT2D eigenvalue weighted by Crippen LogP contribution is -2.06. The fourth-order valence-electron chi connectivity index (χ4n) is 2.40. The van der Waals surface area contributed by atoms with Crippen LogP contribution in [-0.4, -0.2) is 5.78 Å². The highest BCUT2D eigenvalue weighted by Crippen LogP contribution is 2.64. The third-order valence-corrected chi connectivity index (χ3v) is 3.46. The molecule has 0 unspecified atom stereocenters. The van der Waals surface area contributed by atoms with Gasteiger partial charge in [0.2, 0.25) is 0 Å². The van der Waals surface area contributed by atoms with Gasteiger partial charge in [-0.3, -0.25) is 4.79 Å². The predicted octanol–water partition coefficient (Wildman–Crippen LogP) is 2.18. The van der Waals surface area contributed by atoms with Crippen molar-refractivity contribution < 1.29 is 4.79 Å². The summed E-state index contributed by atoms with van der Waals surface area (Å²) in [5.74, 6) is 1.62. The van der Waals surface area contributed by atoms with Gasteiger partial charge in [0.15, 0.2) is 0 Å². The van der Waals surface area contributed by atoms with Gasteiger partial charge in [0.05, 0.1) is 0 Å². The van der Waals surface area contributed by atoms with Crippen molar-refractivity contribution in [1.29, 1.82) is 0 Å². The standard InChI is InChI=1S/C10H14O/c1-6(2)7-4-9(11)10(3)5-8(7)10/h7-8H,1,4-5H2,2-3H3/t7-,8+,10+/m1/s1. The van der Waals surface area contributed by atoms with Gasteiger partial charge in [-0.15, -0.1) is 0 Å². The molecule has 0 aliphatic heterocycles. The summed E-state index contributed by atoms with van der Waals surface area (Å²) in [7, 11) is 0. The van der Waals surface area contributed by atoms with E-state index in [1.807, 2.05) is 6.92 Å². The number of ketones is 1. The largest absolute Gasteiger partial charge is 0.299 e. The number of fused-ring (bicyclic) bond motifs is 1. The highest BCUT2D eigenvalue weighted by atomic mass is 16.1. The molecule has 3 atom stereocenters. The maximum atomic E-state index is 11.4. The first-order valence-electron chi connectivity index (χ1n) is 4.24. The van der Waals surface area contributed by atoms with Crippen molar-refractivity contribution in [3.8, 4) is 0 Å². The minimum absolute atomic E-state index is 0.0730. The van der Waals surface area contributed by atoms with Crippen molar-refractivity contribution in [1.82, 2.24) is 0 Å². The molecule has 0 aromatic heterocycles. The number of carbonyl (C=O) groups is 1. The lowest BCUT2D eigenvalue weighted by molar-refractivity contribution is -0.122. The van der Waals surface area contributed by atoms with E-state index in [9.17, 15) is 4.79 Å². The molecule has 0 aromatic carbocycles. The molecule has 2 fully saturated rings. The molecule has 0 amide bonds. The Hall–Kier alpha value is -0.590. The summed E-state index contributed by atoms with van der Waals surface area (Å²) in [5.41, 5.74) is 1.27. The van der Waals surface area contributed by atoms with E-state index < -0.39 is 0 Å². The minimum Gasteiger partial charge on any atom is -0.299 e. The molecule has 0 heterocycles. The molecule has 0 radical (unpaired) electrons. The van der Waals surface area contributed by atoms with Gasteiger partial charge in [-0.05, 0) is 25.2 Å². The maximum absolute atomic E-state index is 11.4. The highest BCUT2D eigenvalue weighted by molar-refractivity contribution is 5.91. The maximum Gasteiger partial charge on any atom is 0.139 e. The van der Waals surface area contributed by atoms with Crippen LogP contribution in [0.15, 0.2) is 12.2 Å². The summed E-state index contributed by atoms with van der Waals surface area (Å²) in [6.45, 7) is 8.07. The fraction of sp³-hybridized carbons (Fsp3) is 0.700. The van der Waals surface area contributed by atoms with E-state index >= 15 is 0 Å². The fourth-order valence-corrected chi connectivity index (χ4v) is 2.40. The summed E-state index contributed by atoms with van der Waals surface area (Å²) in [4.78, 5) is 11.4. The van der Waals surface area contributed by atoms with Crippen LogP contribution in [0.3, 0.4) is 0 Å². The van der Waals surface area contributed by atoms with Crippen LogP contribution in [0.1, 0.15) is 26.7 Å². The molecule has 1 nitrogen and oxygen atoms in total. The van der Waals surface area contributed by atoms with E-state index in [0.717, 1.165) is 12.8 Å². The average molecular weight is 150 g/mol. The second-order valence-corrected chi connectivity index (χ2v) is 4.31. The zero-order valence-electron chi connectivity index (χ0n) is 7.18. The molecular formula is C10H14O. The van der Waals surface area contributed by atoms with E-state index in [0.29, 0.717) is 17.6 Å². The Morgan fingerprint density at radius 1 is 1.73 bits per heavy atom. The molecule has 0 bridgehead atoms. The van der Waals surface area contributed by atoms with Crippen LogP contribution in [0.5, 0.6) is 0 Å². The first kappa shape index (κ1) is 7.08. The summed E-state index contributed by atoms with van der Waals surface area (Å²) in [5, 5.41) is 0. The van der Waals surface area contributed by atoms with Crippen LogP contribution in [0.25, 0.3) is 0 Å². The molecule has 60 valence electrons. The van der Waals surface area contributed by atoms with Crippen molar-refractivity contribution in [3.05, 3.63) is 12.2 Å². The lowest BCUT2D eigenvalue weighted by Gasteiger charge is -2.08. The predicted molar refractivity (Wildman–Crippen MR) is 44.1 cm³/mol. The van der Waals surface area contributed by atoms with Gasteiger partial charge in [-0.2, -0.15) is 0 Å². The van der Waals surface area contributed by atoms with E-state index in [1.165, 1.54) is 5.57 Å². The van der Waals surface area contributed by atoms with Crippen LogP contribution < -0.4 is 0 Å². The topological polar surface area (TPSA) is 17.1 Å². The van der Waals surface area contributed by atoms with Crippen LogP contribution >= 0.6 is 0 Å². The van der Waals surface area contributed by atoms with Crippen LogP contribution in [0.2, 0.25) is 0 Å². The van der Waals surface area contributed by atoms with Crippen molar-refractivity contribution in [2.75, 3.05) is 0 Å². The SMILES string of the molecule is C=C(C)[C@H]1CC(=O)[C@@]2(C)C[C@@H]12. The molecule has 0 N–H and O–H groups in total. The first-order chi connectivity index (χ1) is 5.05. The van der Waals surface area contributed by atoms with Crippen molar-refractivity contribution in [2.45, 2.75) is 26.7 Å². The van der Waals surface area contributed by atoms with Gasteiger partial charge in [0.25, 0.3) is 0 Å². The van der Waals surface area contributed by atoms with Crippen LogP contribution in [0.4, 0.5) is 0 Å². The van der Waals surface area contributed by atoms with Gasteiger partial charge in [0, 0.05) is 11.8 Å². The Bertz CT molecular complexity index is 241. The normalized spacial score (nSPS) is 47.3. The lowest BCUT2D eigenvalue weighted by atomic mass is 9.96. The van der Waals surface area contributed by atoms with Gasteiger partial charge < -0.3 is 0 Å². The average Bonchev–Trinajstić information content (AvgIpc) is 2.51. The number of hydrogen-bond acceptors (Lipinski definition) is 1. The third kappa shape index (κ3) is 0.741. The zero-order chi connectivity index (χ0) is 8.22. The quantitative estimate of drug-likeness (QED) is 0.523. The van der Waals surface area contributed by atoms with Gasteiger partial charge >= 0.3 is 0 Å². The monoisotopic (exact) mass is 150 g/mol. The smallest absolute Gasteiger partial charge is 0.139 e. The zero-order valence-corrected chi connectivity index (χ0v) is 7.18. The Balaban J connectivity index is 2.22. The molecule has 0 aromatic rings. The van der Waals surface area contributed by atoms with Gasteiger partial charge in [-0.1, -0.05) is 19.1 Å². The molecule has 2 aliphatic carbocycles. The number of rotatable bonds is 1. The number of carbonyl (C=O) groups excluding carboxylic acids is 1. The van der Waals surface area contributed by atoms with Crippen LogP contribution in [0, 0.1) is 17.3 Å². The van der Waals surface area contributed by atoms with Gasteiger partial charge in [-0.25, -0.2) is 0 Å². The summed E-state index contributed by atoms with van der Waals surface area (Å²) in [6, 6.07) is 0. The molecular weight excluding hydrogens is 136 g/mol. The molecule has 11 heavy (non-hydrogen) atoms. The molecule has 2 rings (SSSR count). The van der Waals surface area contributed by atoms with Crippen LogP contribution in [-0.2, 0) is 4.79 Å². The summed E-state index contributed by atoms with van der Waals surface area (Å²) >= 11 is 0. The third-order valence-electron chi connectivity index (χ3n) is 3.46. The second kappa shape index (κ2) is 1.77. The van der Waals surface area contributed by atoms with E-state index in [-0.39, 0.29) is 5.41 Å². The summed E-state index contributed by atoms with van der Waals surface area (Å²) < 4.78 is 0. The second-order valence-electron chi connectivity index (χ2n) is 4.31. The number of allylic oxidation sites excluding steroid dienone is 1. The first-order valence-corrected chi connectivity index (χ1v) is 4.24. The summed E-state index contributed by atoms with van der Waals surface area (Å²) in [6.07, 6.45) is 1.87. The van der Waals surface area contributed by atoms with E-state index in [1.54, 1.807) is 0 Å². The number of hydrogen-bond donors (Lipinski definition) is 0. The number of Topliss-reactive ketones (excluding diaryl/α,β-unsaturated/α-hetero) is 1. The Kier molecular flexibility index (Phi) is 1.14. The Morgan fingerprint density at radius 3 is 2.55 bits per heavy atom. The Labute approximate surface area is 67.5 Å². The molecule has 1 heteroatoms. The van der Waals surface area contributed by atoms with Crippen molar-refractivity contribution >= 4 is 5.78 Å². The van der Waals surface area contributed by atoms with E-state index in [4.69, 9.17) is 0 Å². The molecule has 0 spiro atoms. The highest BCUT2D eigenvalue weighted by Gasteiger charge is 2.63. The molecule has 2 aliphatic rings. The van der Waals surface area contributed by atoms with E-state index in [2.05, 4.69) is 13.5 Å². The Morgan fingerprint density at radius 2 is 2.36 bits per heavy atom. The van der Waals surface area contributed by atoms with Gasteiger partial charge in [0.1, 0.15) is 5.78 Å². The van der Waals surface area contributed by atoms with Crippen molar-refractivity contribution in [3.63, 3.8) is 0 Å².